The van der Waals surface area contributed by atoms with Gasteiger partial charge in [0.1, 0.15) is 5.82 Å². The highest BCUT2D eigenvalue weighted by Crippen LogP contribution is 2.36. The van der Waals surface area contributed by atoms with Crippen LogP contribution < -0.4 is 10.9 Å². The highest BCUT2D eigenvalue weighted by molar-refractivity contribution is 6.20. The van der Waals surface area contributed by atoms with E-state index in [0.29, 0.717) is 16.5 Å². The van der Waals surface area contributed by atoms with Crippen molar-refractivity contribution < 1.29 is 4.79 Å². The molecular weight excluding hydrogens is 414 g/mol. The van der Waals surface area contributed by atoms with E-state index in [1.807, 2.05) is 55.5 Å². The standard InChI is InChI=1S/C26H19N5O2/c1-15-27-20-13-7-5-11-18(20)24-22(19-12-6-8-14-21(19)31(15)24)28-25(32)23-16-9-3-4-10-17(16)26(33)30(2)29-23/h3-14H,1-2H3,(H,28,32). The van der Waals surface area contributed by atoms with Gasteiger partial charge in [-0.2, -0.15) is 5.10 Å². The van der Waals surface area contributed by atoms with E-state index >= 15 is 0 Å². The lowest BCUT2D eigenvalue weighted by atomic mass is 10.1. The van der Waals surface area contributed by atoms with E-state index in [4.69, 9.17) is 4.98 Å². The summed E-state index contributed by atoms with van der Waals surface area (Å²) in [7, 11) is 1.55. The van der Waals surface area contributed by atoms with Gasteiger partial charge >= 0.3 is 0 Å². The van der Waals surface area contributed by atoms with Gasteiger partial charge in [0, 0.05) is 23.2 Å². The van der Waals surface area contributed by atoms with E-state index in [2.05, 4.69) is 14.8 Å². The monoisotopic (exact) mass is 433 g/mol. The maximum Gasteiger partial charge on any atom is 0.276 e. The largest absolute Gasteiger partial charge is 0.318 e. The minimum absolute atomic E-state index is 0.200. The number of benzene rings is 3. The Bertz CT molecular complexity index is 1810. The molecule has 160 valence electrons. The first-order valence-electron chi connectivity index (χ1n) is 10.6. The average Bonchev–Trinajstić information content (AvgIpc) is 3.16. The number of amides is 1. The van der Waals surface area contributed by atoms with Crippen LogP contribution in [0, 0.1) is 6.92 Å². The Hall–Kier alpha value is -4.52. The summed E-state index contributed by atoms with van der Waals surface area (Å²) in [6.45, 7) is 1.96. The van der Waals surface area contributed by atoms with Crippen LogP contribution in [0.4, 0.5) is 5.69 Å². The SMILES string of the molecule is Cc1nc2ccccc2c2c(NC(=O)c3nn(C)c(=O)c4ccccc34)c3ccccc3n12. The van der Waals surface area contributed by atoms with Crippen molar-refractivity contribution in [3.8, 4) is 0 Å². The molecule has 1 N–H and O–H groups in total. The van der Waals surface area contributed by atoms with Crippen LogP contribution in [0.1, 0.15) is 16.3 Å². The topological polar surface area (TPSA) is 81.3 Å². The highest BCUT2D eigenvalue weighted by Gasteiger charge is 2.21. The molecule has 0 bridgehead atoms. The zero-order valence-electron chi connectivity index (χ0n) is 18.0. The summed E-state index contributed by atoms with van der Waals surface area (Å²) in [4.78, 5) is 30.9. The van der Waals surface area contributed by atoms with Crippen LogP contribution in [0.5, 0.6) is 0 Å². The van der Waals surface area contributed by atoms with Crippen molar-refractivity contribution in [1.29, 1.82) is 0 Å². The molecule has 6 rings (SSSR count). The summed E-state index contributed by atoms with van der Waals surface area (Å²) in [5, 5.41) is 10.2. The van der Waals surface area contributed by atoms with Crippen molar-refractivity contribution in [3.63, 3.8) is 0 Å². The van der Waals surface area contributed by atoms with Crippen molar-refractivity contribution >= 4 is 49.7 Å². The van der Waals surface area contributed by atoms with E-state index in [0.717, 1.165) is 33.1 Å². The summed E-state index contributed by atoms with van der Waals surface area (Å²) in [6, 6.07) is 22.8. The zero-order valence-corrected chi connectivity index (χ0v) is 18.0. The molecule has 7 heteroatoms. The fourth-order valence-electron chi connectivity index (χ4n) is 4.59. The maximum atomic E-state index is 13.6. The summed E-state index contributed by atoms with van der Waals surface area (Å²) in [6.07, 6.45) is 0. The molecule has 3 heterocycles. The van der Waals surface area contributed by atoms with Gasteiger partial charge in [0.2, 0.25) is 0 Å². The number of aromatic nitrogens is 4. The molecule has 3 aromatic carbocycles. The molecule has 0 radical (unpaired) electrons. The first kappa shape index (κ1) is 19.2. The van der Waals surface area contributed by atoms with Crippen LogP contribution in [-0.4, -0.2) is 25.1 Å². The van der Waals surface area contributed by atoms with Crippen LogP contribution in [0.3, 0.4) is 0 Å². The number of aryl methyl sites for hydroxylation is 2. The second kappa shape index (κ2) is 7.00. The van der Waals surface area contributed by atoms with Crippen molar-refractivity contribution in [3.05, 3.63) is 94.7 Å². The summed E-state index contributed by atoms with van der Waals surface area (Å²) in [5.41, 5.74) is 3.34. The fraction of sp³-hybridized carbons (Fsp3) is 0.0769. The van der Waals surface area contributed by atoms with Gasteiger partial charge in [-0.15, -0.1) is 0 Å². The molecule has 1 amide bonds. The Kier molecular flexibility index (Phi) is 4.07. The first-order chi connectivity index (χ1) is 16.0. The second-order valence-electron chi connectivity index (χ2n) is 8.03. The Balaban J connectivity index is 1.65. The van der Waals surface area contributed by atoms with Crippen LogP contribution in [0.15, 0.2) is 77.6 Å². The second-order valence-corrected chi connectivity index (χ2v) is 8.03. The Morgan fingerprint density at radius 3 is 2.27 bits per heavy atom. The van der Waals surface area contributed by atoms with Crippen molar-refractivity contribution in [2.45, 2.75) is 6.92 Å². The molecule has 0 aliphatic heterocycles. The minimum atomic E-state index is -0.376. The number of nitrogens with one attached hydrogen (secondary N) is 1. The van der Waals surface area contributed by atoms with Crippen LogP contribution in [0.2, 0.25) is 0 Å². The number of fused-ring (bicyclic) bond motifs is 6. The number of anilines is 1. The van der Waals surface area contributed by atoms with Gasteiger partial charge in [0.25, 0.3) is 11.5 Å². The van der Waals surface area contributed by atoms with Crippen LogP contribution >= 0.6 is 0 Å². The predicted molar refractivity (Wildman–Crippen MR) is 130 cm³/mol. The fourth-order valence-corrected chi connectivity index (χ4v) is 4.59. The maximum absolute atomic E-state index is 13.6. The minimum Gasteiger partial charge on any atom is -0.318 e. The number of hydrogen-bond acceptors (Lipinski definition) is 4. The lowest BCUT2D eigenvalue weighted by Gasteiger charge is -2.10. The number of para-hydroxylation sites is 2. The third kappa shape index (κ3) is 2.75. The summed E-state index contributed by atoms with van der Waals surface area (Å²) in [5.74, 6) is 0.449. The van der Waals surface area contributed by atoms with Gasteiger partial charge in [0.05, 0.1) is 27.6 Å². The Morgan fingerprint density at radius 1 is 0.848 bits per heavy atom. The van der Waals surface area contributed by atoms with Gasteiger partial charge in [0.15, 0.2) is 5.69 Å². The van der Waals surface area contributed by atoms with Gasteiger partial charge < -0.3 is 5.32 Å². The van der Waals surface area contributed by atoms with Crippen LogP contribution in [0.25, 0.3) is 38.1 Å². The van der Waals surface area contributed by atoms with E-state index in [1.165, 1.54) is 4.68 Å². The molecule has 33 heavy (non-hydrogen) atoms. The number of carbonyl (C=O) groups is 1. The Labute approximate surface area is 187 Å². The molecule has 0 saturated carbocycles. The molecule has 3 aromatic heterocycles. The lowest BCUT2D eigenvalue weighted by Crippen LogP contribution is -2.25. The van der Waals surface area contributed by atoms with Crippen molar-refractivity contribution in [1.82, 2.24) is 19.2 Å². The molecule has 6 aromatic rings. The van der Waals surface area contributed by atoms with Crippen molar-refractivity contribution in [2.75, 3.05) is 5.32 Å². The normalized spacial score (nSPS) is 11.6. The number of nitrogens with zero attached hydrogens (tertiary/aromatic N) is 4. The molecule has 0 unspecified atom stereocenters. The van der Waals surface area contributed by atoms with Crippen LogP contribution in [-0.2, 0) is 7.05 Å². The molecule has 0 saturated heterocycles. The van der Waals surface area contributed by atoms with E-state index in [-0.39, 0.29) is 17.2 Å². The third-order valence-electron chi connectivity index (χ3n) is 6.05. The van der Waals surface area contributed by atoms with Crippen molar-refractivity contribution in [2.24, 2.45) is 7.05 Å². The predicted octanol–water partition coefficient (Wildman–Crippen LogP) is 4.45. The molecule has 0 aliphatic carbocycles. The highest BCUT2D eigenvalue weighted by atomic mass is 16.2. The van der Waals surface area contributed by atoms with E-state index in [1.54, 1.807) is 31.3 Å². The van der Waals surface area contributed by atoms with Gasteiger partial charge in [-0.3, -0.25) is 14.0 Å². The number of rotatable bonds is 2. The molecule has 7 nitrogen and oxygen atoms in total. The number of carbonyl (C=O) groups excluding carboxylic acids is 1. The molecular formula is C26H19N5O2. The smallest absolute Gasteiger partial charge is 0.276 e. The quantitative estimate of drug-likeness (QED) is 0.438. The van der Waals surface area contributed by atoms with E-state index < -0.39 is 0 Å². The summed E-state index contributed by atoms with van der Waals surface area (Å²) < 4.78 is 3.27. The third-order valence-corrected chi connectivity index (χ3v) is 6.05. The van der Waals surface area contributed by atoms with Gasteiger partial charge in [-0.25, -0.2) is 9.67 Å². The molecule has 0 aliphatic rings. The van der Waals surface area contributed by atoms with Gasteiger partial charge in [-0.1, -0.05) is 54.6 Å². The summed E-state index contributed by atoms with van der Waals surface area (Å²) >= 11 is 0. The van der Waals surface area contributed by atoms with Gasteiger partial charge in [-0.05, 0) is 25.1 Å². The molecule has 0 spiro atoms. The lowest BCUT2D eigenvalue weighted by molar-refractivity contribution is 0.102. The number of hydrogen-bond donors (Lipinski definition) is 1. The average molecular weight is 433 g/mol. The van der Waals surface area contributed by atoms with E-state index in [9.17, 15) is 9.59 Å². The molecule has 0 atom stereocenters. The zero-order chi connectivity index (χ0) is 22.7. The Morgan fingerprint density at radius 2 is 1.48 bits per heavy atom. The molecule has 0 fully saturated rings. The first-order valence-corrected chi connectivity index (χ1v) is 10.6.